The molecule has 0 saturated heterocycles. The van der Waals surface area contributed by atoms with Crippen LogP contribution < -0.4 is 0 Å². The molecule has 3 heteroatoms. The van der Waals surface area contributed by atoms with Crippen LogP contribution in [0, 0.1) is 22.7 Å². The molecule has 0 atom stereocenters. The molecule has 0 amide bonds. The van der Waals surface area contributed by atoms with Crippen LogP contribution in [0.5, 0.6) is 0 Å². The molecule has 0 bridgehead atoms. The summed E-state index contributed by atoms with van der Waals surface area (Å²) in [5.74, 6) is 0. The van der Waals surface area contributed by atoms with E-state index < -0.39 is 0 Å². The van der Waals surface area contributed by atoms with Crippen LogP contribution in [0.4, 0.5) is 0 Å². The largest absolute Gasteiger partial charge is 0.255 e. The lowest BCUT2D eigenvalue weighted by Gasteiger charge is -1.99. The number of hydrogen-bond acceptors (Lipinski definition) is 3. The summed E-state index contributed by atoms with van der Waals surface area (Å²) >= 11 is 0. The Hall–Kier alpha value is -2.39. The standard InChI is InChI=1S/C11H5N3/c12-6-8-4-5-14-11-9(7-13)2-1-3-10(8)11/h1-5H. The molecule has 3 nitrogen and oxygen atoms in total. The maximum atomic E-state index is 8.84. The van der Waals surface area contributed by atoms with Crippen LogP contribution >= 0.6 is 0 Å². The Kier molecular flexibility index (Phi) is 1.86. The van der Waals surface area contributed by atoms with Gasteiger partial charge in [0, 0.05) is 11.6 Å². The molecule has 0 unspecified atom stereocenters. The second-order valence-electron chi connectivity index (χ2n) is 2.78. The van der Waals surface area contributed by atoms with Crippen LogP contribution in [0.25, 0.3) is 10.9 Å². The molecular formula is C11H5N3. The maximum Gasteiger partial charge on any atom is 0.101 e. The van der Waals surface area contributed by atoms with E-state index in [0.717, 1.165) is 5.39 Å². The van der Waals surface area contributed by atoms with Crippen LogP contribution in [0.3, 0.4) is 0 Å². The van der Waals surface area contributed by atoms with Gasteiger partial charge in [0.2, 0.25) is 0 Å². The van der Waals surface area contributed by atoms with E-state index in [4.69, 9.17) is 10.5 Å². The topological polar surface area (TPSA) is 60.5 Å². The summed E-state index contributed by atoms with van der Waals surface area (Å²) in [6.45, 7) is 0. The second kappa shape index (κ2) is 3.16. The van der Waals surface area contributed by atoms with Crippen molar-refractivity contribution in [1.82, 2.24) is 4.98 Å². The van der Waals surface area contributed by atoms with Gasteiger partial charge in [0.15, 0.2) is 0 Å². The number of para-hydroxylation sites is 1. The molecule has 1 aromatic carbocycles. The van der Waals surface area contributed by atoms with Crippen LogP contribution in [-0.4, -0.2) is 4.98 Å². The first-order valence-corrected chi connectivity index (χ1v) is 4.05. The molecule has 2 rings (SSSR count). The number of rotatable bonds is 0. The van der Waals surface area contributed by atoms with Crippen molar-refractivity contribution in [1.29, 1.82) is 10.5 Å². The summed E-state index contributed by atoms with van der Waals surface area (Å²) in [6, 6.07) is 11.0. The molecule has 14 heavy (non-hydrogen) atoms. The van der Waals surface area contributed by atoms with Gasteiger partial charge in [-0.3, -0.25) is 4.98 Å². The SMILES string of the molecule is N#Cc1ccnc2c(C#N)cccc12. The molecule has 1 heterocycles. The van der Waals surface area contributed by atoms with E-state index in [1.807, 2.05) is 6.07 Å². The Morgan fingerprint density at radius 1 is 1.00 bits per heavy atom. The van der Waals surface area contributed by atoms with Crippen LogP contribution in [0.1, 0.15) is 11.1 Å². The fourth-order valence-electron chi connectivity index (χ4n) is 1.36. The minimum absolute atomic E-state index is 0.500. The predicted molar refractivity (Wildman–Crippen MR) is 51.2 cm³/mol. The molecule has 0 saturated carbocycles. The molecule has 0 aliphatic heterocycles. The maximum absolute atomic E-state index is 8.84. The molecule has 0 aliphatic carbocycles. The lowest BCUT2D eigenvalue weighted by molar-refractivity contribution is 1.37. The average Bonchev–Trinajstić information content (AvgIpc) is 2.27. The number of pyridine rings is 1. The van der Waals surface area contributed by atoms with Gasteiger partial charge in [0.1, 0.15) is 6.07 Å². The molecule has 2 aromatic rings. The van der Waals surface area contributed by atoms with Crippen molar-refractivity contribution >= 4 is 10.9 Å². The fourth-order valence-corrected chi connectivity index (χ4v) is 1.36. The first kappa shape index (κ1) is 8.22. The first-order chi connectivity index (χ1) is 6.86. The summed E-state index contributed by atoms with van der Waals surface area (Å²) in [5.41, 5.74) is 1.64. The third kappa shape index (κ3) is 1.09. The molecule has 0 N–H and O–H groups in total. The smallest absolute Gasteiger partial charge is 0.101 e. The van der Waals surface area contributed by atoms with E-state index in [9.17, 15) is 0 Å². The quantitative estimate of drug-likeness (QED) is 0.621. The molecular weight excluding hydrogens is 174 g/mol. The second-order valence-corrected chi connectivity index (χ2v) is 2.78. The monoisotopic (exact) mass is 179 g/mol. The van der Waals surface area contributed by atoms with E-state index in [-0.39, 0.29) is 0 Å². The number of hydrogen-bond donors (Lipinski definition) is 0. The van der Waals surface area contributed by atoms with Crippen molar-refractivity contribution in [3.05, 3.63) is 41.6 Å². The summed E-state index contributed by atoms with van der Waals surface area (Å²) < 4.78 is 0. The van der Waals surface area contributed by atoms with Gasteiger partial charge in [-0.15, -0.1) is 0 Å². The molecule has 1 aromatic heterocycles. The number of aromatic nitrogens is 1. The minimum atomic E-state index is 0.500. The molecule has 0 aliphatic rings. The predicted octanol–water partition coefficient (Wildman–Crippen LogP) is 1.98. The number of nitriles is 2. The van der Waals surface area contributed by atoms with Gasteiger partial charge < -0.3 is 0 Å². The van der Waals surface area contributed by atoms with Crippen LogP contribution in [-0.2, 0) is 0 Å². The highest BCUT2D eigenvalue weighted by Crippen LogP contribution is 2.18. The zero-order chi connectivity index (χ0) is 9.97. The van der Waals surface area contributed by atoms with E-state index >= 15 is 0 Å². The highest BCUT2D eigenvalue weighted by Gasteiger charge is 2.04. The Bertz CT molecular complexity index is 520. The lowest BCUT2D eigenvalue weighted by atomic mass is 10.1. The van der Waals surface area contributed by atoms with Gasteiger partial charge in [0.25, 0.3) is 0 Å². The Balaban J connectivity index is 2.95. The van der Waals surface area contributed by atoms with E-state index in [2.05, 4.69) is 11.1 Å². The van der Waals surface area contributed by atoms with Crippen LogP contribution in [0.2, 0.25) is 0 Å². The van der Waals surface area contributed by atoms with Crippen molar-refractivity contribution in [3.8, 4) is 12.1 Å². The summed E-state index contributed by atoms with van der Waals surface area (Å²) in [6.07, 6.45) is 1.54. The molecule has 0 spiro atoms. The number of benzene rings is 1. The zero-order valence-corrected chi connectivity index (χ0v) is 7.23. The van der Waals surface area contributed by atoms with E-state index in [1.54, 1.807) is 30.5 Å². The van der Waals surface area contributed by atoms with Gasteiger partial charge in [-0.1, -0.05) is 12.1 Å². The van der Waals surface area contributed by atoms with Gasteiger partial charge in [-0.25, -0.2) is 0 Å². The third-order valence-electron chi connectivity index (χ3n) is 2.01. The molecule has 64 valence electrons. The average molecular weight is 179 g/mol. The van der Waals surface area contributed by atoms with Crippen molar-refractivity contribution in [2.24, 2.45) is 0 Å². The molecule has 0 radical (unpaired) electrons. The van der Waals surface area contributed by atoms with Gasteiger partial charge in [-0.2, -0.15) is 10.5 Å². The lowest BCUT2D eigenvalue weighted by Crippen LogP contribution is -1.86. The number of fused-ring (bicyclic) bond motifs is 1. The van der Waals surface area contributed by atoms with E-state index in [0.29, 0.717) is 16.6 Å². The Morgan fingerprint density at radius 3 is 2.50 bits per heavy atom. The summed E-state index contributed by atoms with van der Waals surface area (Å²) in [5, 5.41) is 18.4. The minimum Gasteiger partial charge on any atom is -0.255 e. The highest BCUT2D eigenvalue weighted by molar-refractivity contribution is 5.88. The first-order valence-electron chi connectivity index (χ1n) is 4.05. The third-order valence-corrected chi connectivity index (χ3v) is 2.01. The normalized spacial score (nSPS) is 9.29. The van der Waals surface area contributed by atoms with Crippen molar-refractivity contribution < 1.29 is 0 Å². The van der Waals surface area contributed by atoms with Crippen molar-refractivity contribution in [2.75, 3.05) is 0 Å². The van der Waals surface area contributed by atoms with Gasteiger partial charge in [0.05, 0.1) is 22.7 Å². The van der Waals surface area contributed by atoms with Crippen molar-refractivity contribution in [2.45, 2.75) is 0 Å². The fraction of sp³-hybridized carbons (Fsp3) is 0. The van der Waals surface area contributed by atoms with Gasteiger partial charge in [-0.05, 0) is 12.1 Å². The van der Waals surface area contributed by atoms with E-state index in [1.165, 1.54) is 0 Å². The Morgan fingerprint density at radius 2 is 1.79 bits per heavy atom. The molecule has 0 fully saturated rings. The van der Waals surface area contributed by atoms with Gasteiger partial charge >= 0.3 is 0 Å². The zero-order valence-electron chi connectivity index (χ0n) is 7.23. The Labute approximate surface area is 80.8 Å². The number of nitrogens with zero attached hydrogens (tertiary/aromatic N) is 3. The van der Waals surface area contributed by atoms with Crippen LogP contribution in [0.15, 0.2) is 30.5 Å². The summed E-state index contributed by atoms with van der Waals surface area (Å²) in [7, 11) is 0. The highest BCUT2D eigenvalue weighted by atomic mass is 14.7. The summed E-state index contributed by atoms with van der Waals surface area (Å²) in [4.78, 5) is 4.09. The van der Waals surface area contributed by atoms with Crippen molar-refractivity contribution in [3.63, 3.8) is 0 Å².